The molecule has 1 saturated heterocycles. The Kier molecular flexibility index (Phi) is 2.49. The third-order valence-electron chi connectivity index (χ3n) is 2.62. The van der Waals surface area contributed by atoms with Crippen molar-refractivity contribution >= 4 is 11.7 Å². The lowest BCUT2D eigenvalue weighted by Crippen LogP contribution is -2.48. The number of carbonyl (C=O) groups excluding carboxylic acids is 1. The van der Waals surface area contributed by atoms with E-state index in [1.807, 2.05) is 6.92 Å². The van der Waals surface area contributed by atoms with Crippen LogP contribution in [-0.2, 0) is 4.79 Å². The van der Waals surface area contributed by atoms with Gasteiger partial charge in [0.05, 0.1) is 0 Å². The molecule has 0 bridgehead atoms. The quantitative estimate of drug-likeness (QED) is 0.735. The third-order valence-corrected chi connectivity index (χ3v) is 2.62. The molecule has 2 N–H and O–H groups in total. The average Bonchev–Trinajstić information content (AvgIpc) is 2.53. The molecular weight excluding hydrogens is 182 g/mol. The molecule has 0 spiro atoms. The lowest BCUT2D eigenvalue weighted by Gasteiger charge is -2.31. The van der Waals surface area contributed by atoms with E-state index >= 15 is 0 Å². The summed E-state index contributed by atoms with van der Waals surface area (Å²) in [5, 5.41) is 9.46. The molecule has 76 valence electrons. The molecule has 1 amide bonds. The van der Waals surface area contributed by atoms with Crippen LogP contribution in [0.15, 0.2) is 16.9 Å². The van der Waals surface area contributed by atoms with Crippen molar-refractivity contribution < 1.29 is 9.32 Å². The minimum atomic E-state index is 0.00500. The van der Waals surface area contributed by atoms with E-state index in [0.717, 1.165) is 13.1 Å². The maximum atomic E-state index is 11.6. The standard InChI is InChI=1S/C9H13N3O2/c1-6(7-4-10-5-7)9(13)11-8-2-3-14-12-8/h2-3,6-7,10H,4-5H2,1H3,(H,11,12,13). The van der Waals surface area contributed by atoms with Gasteiger partial charge < -0.3 is 15.2 Å². The second-order valence-electron chi connectivity index (χ2n) is 3.58. The van der Waals surface area contributed by atoms with Gasteiger partial charge in [-0.2, -0.15) is 0 Å². The monoisotopic (exact) mass is 195 g/mol. The molecule has 0 aromatic carbocycles. The predicted molar refractivity (Wildman–Crippen MR) is 50.7 cm³/mol. The van der Waals surface area contributed by atoms with Gasteiger partial charge in [0.2, 0.25) is 5.91 Å². The van der Waals surface area contributed by atoms with Gasteiger partial charge in [0.15, 0.2) is 5.82 Å². The molecule has 0 saturated carbocycles. The number of nitrogens with zero attached hydrogens (tertiary/aromatic N) is 1. The van der Waals surface area contributed by atoms with Crippen LogP contribution in [0.25, 0.3) is 0 Å². The first-order valence-corrected chi connectivity index (χ1v) is 4.69. The Morgan fingerprint density at radius 3 is 3.07 bits per heavy atom. The smallest absolute Gasteiger partial charge is 0.228 e. The number of hydrogen-bond acceptors (Lipinski definition) is 4. The lowest BCUT2D eigenvalue weighted by atomic mass is 9.88. The molecule has 1 aliphatic rings. The Morgan fingerprint density at radius 2 is 2.57 bits per heavy atom. The van der Waals surface area contributed by atoms with E-state index in [0.29, 0.717) is 11.7 Å². The van der Waals surface area contributed by atoms with Crippen LogP contribution >= 0.6 is 0 Å². The van der Waals surface area contributed by atoms with Crippen LogP contribution < -0.4 is 10.6 Å². The molecule has 5 nitrogen and oxygen atoms in total. The fourth-order valence-corrected chi connectivity index (χ4v) is 1.40. The molecule has 2 rings (SSSR count). The number of amides is 1. The van der Waals surface area contributed by atoms with Gasteiger partial charge in [-0.15, -0.1) is 0 Å². The summed E-state index contributed by atoms with van der Waals surface area (Å²) in [5.41, 5.74) is 0. The van der Waals surface area contributed by atoms with Gasteiger partial charge in [0, 0.05) is 12.0 Å². The molecule has 1 aliphatic heterocycles. The highest BCUT2D eigenvalue weighted by atomic mass is 16.5. The summed E-state index contributed by atoms with van der Waals surface area (Å²) in [7, 11) is 0. The third kappa shape index (κ3) is 1.77. The summed E-state index contributed by atoms with van der Waals surface area (Å²) in [5.74, 6) is 0.953. The van der Waals surface area contributed by atoms with Gasteiger partial charge in [-0.1, -0.05) is 12.1 Å². The first kappa shape index (κ1) is 9.21. The highest BCUT2D eigenvalue weighted by molar-refractivity contribution is 5.91. The number of hydrogen-bond donors (Lipinski definition) is 2. The van der Waals surface area contributed by atoms with Gasteiger partial charge in [0.25, 0.3) is 0 Å². The SMILES string of the molecule is CC(C(=O)Nc1ccon1)C1CNC1. The molecular formula is C9H13N3O2. The Bertz CT molecular complexity index is 306. The molecule has 1 fully saturated rings. The minimum Gasteiger partial charge on any atom is -0.363 e. The van der Waals surface area contributed by atoms with Crippen LogP contribution in [0, 0.1) is 11.8 Å². The van der Waals surface area contributed by atoms with Crippen molar-refractivity contribution in [1.29, 1.82) is 0 Å². The number of nitrogens with one attached hydrogen (secondary N) is 2. The van der Waals surface area contributed by atoms with Gasteiger partial charge in [-0.25, -0.2) is 0 Å². The first-order chi connectivity index (χ1) is 6.77. The average molecular weight is 195 g/mol. The van der Waals surface area contributed by atoms with Crippen LogP contribution in [-0.4, -0.2) is 24.2 Å². The molecule has 1 aromatic rings. The first-order valence-electron chi connectivity index (χ1n) is 4.69. The van der Waals surface area contributed by atoms with E-state index < -0.39 is 0 Å². The maximum Gasteiger partial charge on any atom is 0.228 e. The summed E-state index contributed by atoms with van der Waals surface area (Å²) in [6.45, 7) is 3.78. The second kappa shape index (κ2) is 3.79. The zero-order valence-electron chi connectivity index (χ0n) is 7.99. The molecule has 0 radical (unpaired) electrons. The maximum absolute atomic E-state index is 11.6. The summed E-state index contributed by atoms with van der Waals surface area (Å²) >= 11 is 0. The van der Waals surface area contributed by atoms with E-state index in [-0.39, 0.29) is 11.8 Å². The van der Waals surface area contributed by atoms with Crippen molar-refractivity contribution in [2.24, 2.45) is 11.8 Å². The molecule has 0 aliphatic carbocycles. The summed E-state index contributed by atoms with van der Waals surface area (Å²) in [6, 6.07) is 1.63. The van der Waals surface area contributed by atoms with Crippen LogP contribution in [0.5, 0.6) is 0 Å². The zero-order valence-corrected chi connectivity index (χ0v) is 7.99. The number of carbonyl (C=O) groups is 1. The molecule has 14 heavy (non-hydrogen) atoms. The van der Waals surface area contributed by atoms with Gasteiger partial charge in [-0.3, -0.25) is 4.79 Å². The van der Waals surface area contributed by atoms with Crippen molar-refractivity contribution in [2.45, 2.75) is 6.92 Å². The van der Waals surface area contributed by atoms with E-state index in [1.165, 1.54) is 6.26 Å². The summed E-state index contributed by atoms with van der Waals surface area (Å²) in [4.78, 5) is 11.6. The van der Waals surface area contributed by atoms with Gasteiger partial charge >= 0.3 is 0 Å². The van der Waals surface area contributed by atoms with Crippen LogP contribution in [0.4, 0.5) is 5.82 Å². The zero-order chi connectivity index (χ0) is 9.97. The lowest BCUT2D eigenvalue weighted by molar-refractivity contribution is -0.121. The van der Waals surface area contributed by atoms with Crippen LogP contribution in [0.3, 0.4) is 0 Å². The van der Waals surface area contributed by atoms with Crippen molar-refractivity contribution in [3.05, 3.63) is 12.3 Å². The molecule has 5 heteroatoms. The van der Waals surface area contributed by atoms with Gasteiger partial charge in [0.1, 0.15) is 6.26 Å². The fraction of sp³-hybridized carbons (Fsp3) is 0.556. The molecule has 2 heterocycles. The predicted octanol–water partition coefficient (Wildman–Crippen LogP) is 0.469. The van der Waals surface area contributed by atoms with E-state index in [4.69, 9.17) is 0 Å². The molecule has 1 aromatic heterocycles. The molecule has 1 unspecified atom stereocenters. The fourth-order valence-electron chi connectivity index (χ4n) is 1.40. The highest BCUT2D eigenvalue weighted by Gasteiger charge is 2.28. The van der Waals surface area contributed by atoms with E-state index in [2.05, 4.69) is 20.3 Å². The number of aromatic nitrogens is 1. The Labute approximate surface area is 81.8 Å². The number of rotatable bonds is 3. The Balaban J connectivity index is 1.88. The molecule has 1 atom stereocenters. The topological polar surface area (TPSA) is 67.2 Å². The number of anilines is 1. The largest absolute Gasteiger partial charge is 0.363 e. The Hall–Kier alpha value is -1.36. The summed E-state index contributed by atoms with van der Waals surface area (Å²) in [6.07, 6.45) is 1.44. The second-order valence-corrected chi connectivity index (χ2v) is 3.58. The van der Waals surface area contributed by atoms with E-state index in [9.17, 15) is 4.79 Å². The minimum absolute atomic E-state index is 0.00500. The van der Waals surface area contributed by atoms with Crippen molar-refractivity contribution in [3.8, 4) is 0 Å². The van der Waals surface area contributed by atoms with Crippen molar-refractivity contribution in [3.63, 3.8) is 0 Å². The van der Waals surface area contributed by atoms with Crippen molar-refractivity contribution in [1.82, 2.24) is 10.5 Å². The van der Waals surface area contributed by atoms with Crippen LogP contribution in [0.1, 0.15) is 6.92 Å². The normalized spacial score (nSPS) is 18.6. The van der Waals surface area contributed by atoms with Crippen molar-refractivity contribution in [2.75, 3.05) is 18.4 Å². The highest BCUT2D eigenvalue weighted by Crippen LogP contribution is 2.17. The Morgan fingerprint density at radius 1 is 1.79 bits per heavy atom. The summed E-state index contributed by atoms with van der Waals surface area (Å²) < 4.78 is 4.62. The van der Waals surface area contributed by atoms with Crippen LogP contribution in [0.2, 0.25) is 0 Å². The van der Waals surface area contributed by atoms with E-state index in [1.54, 1.807) is 6.07 Å². The van der Waals surface area contributed by atoms with Gasteiger partial charge in [-0.05, 0) is 19.0 Å².